The Labute approximate surface area is 216 Å². The van der Waals surface area contributed by atoms with E-state index in [0.29, 0.717) is 5.69 Å². The number of ether oxygens (including phenoxy) is 2. The van der Waals surface area contributed by atoms with Gasteiger partial charge < -0.3 is 14.8 Å². The van der Waals surface area contributed by atoms with Crippen molar-refractivity contribution in [2.24, 2.45) is 0 Å². The molecule has 0 atom stereocenters. The lowest BCUT2D eigenvalue weighted by Gasteiger charge is -2.25. The van der Waals surface area contributed by atoms with E-state index in [1.54, 1.807) is 30.3 Å². The van der Waals surface area contributed by atoms with Crippen LogP contribution in [0.3, 0.4) is 0 Å². The summed E-state index contributed by atoms with van der Waals surface area (Å²) in [5.41, 5.74) is 3.16. The third-order valence-electron chi connectivity index (χ3n) is 5.73. The number of rotatable bonds is 8. The third kappa shape index (κ3) is 6.34. The molecule has 0 bridgehead atoms. The van der Waals surface area contributed by atoms with Crippen molar-refractivity contribution in [2.45, 2.75) is 25.7 Å². The van der Waals surface area contributed by atoms with Crippen molar-refractivity contribution in [3.05, 3.63) is 88.5 Å². The molecule has 3 aromatic carbocycles. The van der Waals surface area contributed by atoms with E-state index < -0.39 is 34.4 Å². The number of carbonyl (C=O) groups excluding carboxylic acids is 3. The second kappa shape index (κ2) is 11.3. The van der Waals surface area contributed by atoms with Crippen LogP contribution >= 0.6 is 0 Å². The Hall–Kier alpha value is -4.18. The Balaban J connectivity index is 2.00. The Kier molecular flexibility index (Phi) is 8.34. The quantitative estimate of drug-likeness (QED) is 0.442. The number of hydrogen-bond acceptors (Lipinski definition) is 7. The van der Waals surface area contributed by atoms with Crippen molar-refractivity contribution in [3.8, 4) is 0 Å². The van der Waals surface area contributed by atoms with Crippen LogP contribution in [0, 0.1) is 20.8 Å². The van der Waals surface area contributed by atoms with Crippen LogP contribution in [-0.4, -0.2) is 47.0 Å². The highest BCUT2D eigenvalue weighted by atomic mass is 32.2. The molecule has 0 radical (unpaired) electrons. The molecular weight excluding hydrogens is 496 g/mol. The molecule has 1 amide bonds. The Bertz CT molecular complexity index is 1410. The molecule has 0 aliphatic carbocycles. The molecule has 0 aliphatic rings. The molecule has 0 spiro atoms. The number of amides is 1. The molecule has 37 heavy (non-hydrogen) atoms. The summed E-state index contributed by atoms with van der Waals surface area (Å²) in [6, 6.07) is 15.4. The molecule has 3 rings (SSSR count). The van der Waals surface area contributed by atoms with Gasteiger partial charge in [-0.1, -0.05) is 23.8 Å². The highest BCUT2D eigenvalue weighted by molar-refractivity contribution is 7.92. The van der Waals surface area contributed by atoms with Crippen molar-refractivity contribution in [2.75, 3.05) is 30.4 Å². The summed E-state index contributed by atoms with van der Waals surface area (Å²) in [5.74, 6) is -2.13. The van der Waals surface area contributed by atoms with E-state index in [2.05, 4.69) is 5.32 Å². The zero-order valence-electron chi connectivity index (χ0n) is 21.2. The van der Waals surface area contributed by atoms with Gasteiger partial charge in [-0.05, 0) is 74.4 Å². The van der Waals surface area contributed by atoms with Crippen LogP contribution in [-0.2, 0) is 24.3 Å². The highest BCUT2D eigenvalue weighted by Gasteiger charge is 2.28. The van der Waals surface area contributed by atoms with E-state index >= 15 is 0 Å². The Morgan fingerprint density at radius 1 is 0.784 bits per heavy atom. The number of nitrogens with one attached hydrogen (secondary N) is 1. The molecule has 3 aromatic rings. The number of hydrogen-bond donors (Lipinski definition) is 1. The topological polar surface area (TPSA) is 119 Å². The van der Waals surface area contributed by atoms with Gasteiger partial charge in [-0.2, -0.15) is 0 Å². The molecule has 194 valence electrons. The molecule has 1 N–H and O–H groups in total. The second-order valence-corrected chi connectivity index (χ2v) is 10.3. The van der Waals surface area contributed by atoms with Gasteiger partial charge in [-0.15, -0.1) is 0 Å². The van der Waals surface area contributed by atoms with E-state index in [9.17, 15) is 22.8 Å². The predicted molar refractivity (Wildman–Crippen MR) is 139 cm³/mol. The van der Waals surface area contributed by atoms with E-state index in [1.165, 1.54) is 44.6 Å². The minimum absolute atomic E-state index is 0.0130. The number of carbonyl (C=O) groups is 3. The summed E-state index contributed by atoms with van der Waals surface area (Å²) in [6.45, 7) is 5.03. The van der Waals surface area contributed by atoms with Crippen LogP contribution in [0.1, 0.15) is 37.4 Å². The smallest absolute Gasteiger partial charge is 0.337 e. The third-order valence-corrected chi connectivity index (χ3v) is 7.52. The first-order valence-electron chi connectivity index (χ1n) is 11.2. The summed E-state index contributed by atoms with van der Waals surface area (Å²) < 4.78 is 37.7. The zero-order chi connectivity index (χ0) is 27.3. The monoisotopic (exact) mass is 524 g/mol. The van der Waals surface area contributed by atoms with E-state index in [1.807, 2.05) is 20.8 Å². The maximum atomic E-state index is 13.6. The average Bonchev–Trinajstić information content (AvgIpc) is 2.87. The molecule has 10 heteroatoms. The van der Waals surface area contributed by atoms with Crippen molar-refractivity contribution >= 4 is 39.2 Å². The highest BCUT2D eigenvalue weighted by Crippen LogP contribution is 2.26. The van der Waals surface area contributed by atoms with Gasteiger partial charge >= 0.3 is 11.9 Å². The number of methoxy groups -OCH3 is 2. The fraction of sp³-hybridized carbons (Fsp3) is 0.222. The molecular formula is C27H28N2O7S. The van der Waals surface area contributed by atoms with Crippen LogP contribution in [0.2, 0.25) is 0 Å². The molecule has 9 nitrogen and oxygen atoms in total. The van der Waals surface area contributed by atoms with E-state index in [0.717, 1.165) is 21.0 Å². The number of esters is 2. The minimum Gasteiger partial charge on any atom is -0.465 e. The van der Waals surface area contributed by atoms with Gasteiger partial charge in [0.25, 0.3) is 10.0 Å². The molecule has 0 fully saturated rings. The molecule has 0 unspecified atom stereocenters. The summed E-state index contributed by atoms with van der Waals surface area (Å²) in [4.78, 5) is 37.3. The van der Waals surface area contributed by atoms with E-state index in [-0.39, 0.29) is 21.7 Å². The number of nitrogens with zero attached hydrogens (tertiary/aromatic N) is 1. The standard InChI is InChI=1S/C27H28N2O7S/c1-17-6-10-24(11-7-17)37(33,34)29(23-9-8-18(2)19(3)12-23)16-25(30)28-22-14-20(26(31)35-4)13-21(15-22)27(32)36-5/h6-15H,16H2,1-5H3,(H,28,30). The lowest BCUT2D eigenvalue weighted by Crippen LogP contribution is -2.38. The van der Waals surface area contributed by atoms with Gasteiger partial charge in [0.05, 0.1) is 35.9 Å². The van der Waals surface area contributed by atoms with Crippen molar-refractivity contribution < 1.29 is 32.3 Å². The lowest BCUT2D eigenvalue weighted by molar-refractivity contribution is -0.114. The minimum atomic E-state index is -4.11. The lowest BCUT2D eigenvalue weighted by atomic mass is 10.1. The van der Waals surface area contributed by atoms with Crippen LogP contribution in [0.4, 0.5) is 11.4 Å². The van der Waals surface area contributed by atoms with E-state index in [4.69, 9.17) is 9.47 Å². The van der Waals surface area contributed by atoms with Crippen LogP contribution in [0.25, 0.3) is 0 Å². The Morgan fingerprint density at radius 3 is 1.86 bits per heavy atom. The summed E-state index contributed by atoms with van der Waals surface area (Å²) in [6.07, 6.45) is 0. The molecule has 0 aliphatic heterocycles. The maximum Gasteiger partial charge on any atom is 0.337 e. The first kappa shape index (κ1) is 27.4. The fourth-order valence-corrected chi connectivity index (χ4v) is 4.95. The van der Waals surface area contributed by atoms with Gasteiger partial charge in [0.15, 0.2) is 0 Å². The predicted octanol–water partition coefficient (Wildman–Crippen LogP) is 4.02. The van der Waals surface area contributed by atoms with Gasteiger partial charge in [0.2, 0.25) is 5.91 Å². The molecule has 0 aromatic heterocycles. The van der Waals surface area contributed by atoms with Crippen molar-refractivity contribution in [3.63, 3.8) is 0 Å². The number of aryl methyl sites for hydroxylation is 3. The van der Waals surface area contributed by atoms with Crippen LogP contribution in [0.15, 0.2) is 65.6 Å². The first-order chi connectivity index (χ1) is 17.5. The number of sulfonamides is 1. The largest absolute Gasteiger partial charge is 0.465 e. The molecule has 0 heterocycles. The van der Waals surface area contributed by atoms with Crippen molar-refractivity contribution in [1.29, 1.82) is 0 Å². The average molecular weight is 525 g/mol. The number of benzene rings is 3. The van der Waals surface area contributed by atoms with Gasteiger partial charge in [-0.25, -0.2) is 18.0 Å². The van der Waals surface area contributed by atoms with Crippen molar-refractivity contribution in [1.82, 2.24) is 0 Å². The van der Waals surface area contributed by atoms with Gasteiger partial charge in [-0.3, -0.25) is 9.10 Å². The SMILES string of the molecule is COC(=O)c1cc(NC(=O)CN(c2ccc(C)c(C)c2)S(=O)(=O)c2ccc(C)cc2)cc(C(=O)OC)c1. The van der Waals surface area contributed by atoms with Crippen LogP contribution < -0.4 is 9.62 Å². The zero-order valence-corrected chi connectivity index (χ0v) is 22.0. The first-order valence-corrected chi connectivity index (χ1v) is 12.7. The molecule has 0 saturated carbocycles. The second-order valence-electron chi connectivity index (χ2n) is 8.42. The van der Waals surface area contributed by atoms with Crippen LogP contribution in [0.5, 0.6) is 0 Å². The summed E-state index contributed by atoms with van der Waals surface area (Å²) in [5, 5.41) is 2.58. The Morgan fingerprint density at radius 2 is 1.35 bits per heavy atom. The summed E-state index contributed by atoms with van der Waals surface area (Å²) in [7, 11) is -1.75. The number of anilines is 2. The van der Waals surface area contributed by atoms with Gasteiger partial charge in [0, 0.05) is 5.69 Å². The maximum absolute atomic E-state index is 13.6. The normalized spacial score (nSPS) is 10.9. The fourth-order valence-electron chi connectivity index (χ4n) is 3.54. The summed E-state index contributed by atoms with van der Waals surface area (Å²) >= 11 is 0. The molecule has 0 saturated heterocycles. The van der Waals surface area contributed by atoms with Gasteiger partial charge in [0.1, 0.15) is 6.54 Å².